The molecule has 1 aliphatic rings. The molecule has 1 aliphatic carbocycles. The van der Waals surface area contributed by atoms with E-state index in [1.807, 2.05) is 41.4 Å². The molecule has 0 saturated heterocycles. The number of methoxy groups -OCH3 is 2. The predicted molar refractivity (Wildman–Crippen MR) is 91.1 cm³/mol. The number of rotatable bonds is 7. The lowest BCUT2D eigenvalue weighted by molar-refractivity contribution is -0.131. The van der Waals surface area contributed by atoms with Gasteiger partial charge in [0.15, 0.2) is 11.5 Å². The van der Waals surface area contributed by atoms with Gasteiger partial charge in [0.1, 0.15) is 0 Å². The fraction of sp³-hybridized carbons (Fsp3) is 0.368. The van der Waals surface area contributed by atoms with Crippen LogP contribution in [0.3, 0.4) is 0 Å². The van der Waals surface area contributed by atoms with Crippen molar-refractivity contribution in [3.05, 3.63) is 53.9 Å². The van der Waals surface area contributed by atoms with Crippen LogP contribution in [0, 0.1) is 0 Å². The lowest BCUT2D eigenvalue weighted by Gasteiger charge is -2.22. The standard InChI is InChI=1S/C19H22N2O3/c1-23-17-8-5-14(10-18(17)24-2)11-19(22)21(16-6-7-16)13-15-4-3-9-20-12-15/h3-5,8-10,12,16H,6-7,11,13H2,1-2H3. The Labute approximate surface area is 142 Å². The fourth-order valence-corrected chi connectivity index (χ4v) is 2.76. The Balaban J connectivity index is 1.72. The lowest BCUT2D eigenvalue weighted by atomic mass is 10.1. The van der Waals surface area contributed by atoms with Crippen LogP contribution in [0.15, 0.2) is 42.7 Å². The molecule has 2 aromatic rings. The van der Waals surface area contributed by atoms with Crippen molar-refractivity contribution >= 4 is 5.91 Å². The third-order valence-electron chi connectivity index (χ3n) is 4.19. The molecule has 1 amide bonds. The summed E-state index contributed by atoms with van der Waals surface area (Å²) in [6.07, 6.45) is 6.09. The van der Waals surface area contributed by atoms with Gasteiger partial charge in [-0.2, -0.15) is 0 Å². The minimum Gasteiger partial charge on any atom is -0.493 e. The van der Waals surface area contributed by atoms with Crippen molar-refractivity contribution in [1.29, 1.82) is 0 Å². The van der Waals surface area contributed by atoms with Crippen LogP contribution in [0.4, 0.5) is 0 Å². The Morgan fingerprint density at radius 1 is 1.17 bits per heavy atom. The van der Waals surface area contributed by atoms with Gasteiger partial charge in [-0.25, -0.2) is 0 Å². The van der Waals surface area contributed by atoms with Crippen LogP contribution in [0.5, 0.6) is 11.5 Å². The number of pyridine rings is 1. The largest absolute Gasteiger partial charge is 0.493 e. The maximum absolute atomic E-state index is 12.8. The molecular weight excluding hydrogens is 304 g/mol. The quantitative estimate of drug-likeness (QED) is 0.785. The maximum atomic E-state index is 12.8. The van der Waals surface area contributed by atoms with Crippen molar-refractivity contribution in [2.75, 3.05) is 14.2 Å². The van der Waals surface area contributed by atoms with Crippen LogP contribution >= 0.6 is 0 Å². The number of amides is 1. The van der Waals surface area contributed by atoms with Gasteiger partial charge in [0, 0.05) is 25.0 Å². The van der Waals surface area contributed by atoms with Crippen LogP contribution in [0.1, 0.15) is 24.0 Å². The summed E-state index contributed by atoms with van der Waals surface area (Å²) in [4.78, 5) is 18.9. The first-order valence-corrected chi connectivity index (χ1v) is 8.10. The van der Waals surface area contributed by atoms with E-state index in [-0.39, 0.29) is 5.91 Å². The van der Waals surface area contributed by atoms with E-state index in [2.05, 4.69) is 4.98 Å². The maximum Gasteiger partial charge on any atom is 0.227 e. The summed E-state index contributed by atoms with van der Waals surface area (Å²) in [6.45, 7) is 0.616. The van der Waals surface area contributed by atoms with Crippen LogP contribution in [0.2, 0.25) is 0 Å². The zero-order valence-electron chi connectivity index (χ0n) is 14.1. The first-order valence-electron chi connectivity index (χ1n) is 8.10. The van der Waals surface area contributed by atoms with Gasteiger partial charge < -0.3 is 14.4 Å². The average molecular weight is 326 g/mol. The highest BCUT2D eigenvalue weighted by Crippen LogP contribution is 2.31. The number of benzene rings is 1. The molecule has 0 bridgehead atoms. The molecule has 1 aromatic carbocycles. The zero-order valence-corrected chi connectivity index (χ0v) is 14.1. The van der Waals surface area contributed by atoms with Gasteiger partial charge in [-0.15, -0.1) is 0 Å². The summed E-state index contributed by atoms with van der Waals surface area (Å²) >= 11 is 0. The normalized spacial score (nSPS) is 13.4. The number of carbonyl (C=O) groups is 1. The van der Waals surface area contributed by atoms with Gasteiger partial charge in [-0.3, -0.25) is 9.78 Å². The second-order valence-electron chi connectivity index (χ2n) is 5.98. The lowest BCUT2D eigenvalue weighted by Crippen LogP contribution is -2.33. The third kappa shape index (κ3) is 3.85. The van der Waals surface area contributed by atoms with Gasteiger partial charge in [-0.1, -0.05) is 12.1 Å². The van der Waals surface area contributed by atoms with Crippen molar-refractivity contribution in [3.8, 4) is 11.5 Å². The van der Waals surface area contributed by atoms with Gasteiger partial charge in [0.2, 0.25) is 5.91 Å². The van der Waals surface area contributed by atoms with Crippen LogP contribution in [-0.4, -0.2) is 36.1 Å². The molecule has 1 heterocycles. The van der Waals surface area contributed by atoms with E-state index in [1.54, 1.807) is 20.4 Å². The molecule has 0 aliphatic heterocycles. The molecule has 126 valence electrons. The van der Waals surface area contributed by atoms with Crippen molar-refractivity contribution < 1.29 is 14.3 Å². The number of aromatic nitrogens is 1. The zero-order chi connectivity index (χ0) is 16.9. The van der Waals surface area contributed by atoms with Crippen LogP contribution < -0.4 is 9.47 Å². The Kier molecular flexibility index (Phi) is 4.99. The molecule has 0 atom stereocenters. The number of nitrogens with zero attached hydrogens (tertiary/aromatic N) is 2. The molecule has 24 heavy (non-hydrogen) atoms. The topological polar surface area (TPSA) is 51.7 Å². The summed E-state index contributed by atoms with van der Waals surface area (Å²) in [5, 5.41) is 0. The SMILES string of the molecule is COc1ccc(CC(=O)N(Cc2cccnc2)C2CC2)cc1OC. The van der Waals surface area contributed by atoms with E-state index in [1.165, 1.54) is 0 Å². The molecule has 5 nitrogen and oxygen atoms in total. The first-order chi connectivity index (χ1) is 11.7. The number of hydrogen-bond acceptors (Lipinski definition) is 4. The Bertz CT molecular complexity index is 699. The summed E-state index contributed by atoms with van der Waals surface area (Å²) in [5.41, 5.74) is 1.99. The van der Waals surface area contributed by atoms with E-state index in [0.717, 1.165) is 24.0 Å². The monoisotopic (exact) mass is 326 g/mol. The summed E-state index contributed by atoms with van der Waals surface area (Å²) in [6, 6.07) is 9.88. The highest BCUT2D eigenvalue weighted by Gasteiger charge is 2.32. The second kappa shape index (κ2) is 7.34. The van der Waals surface area contributed by atoms with Crippen molar-refractivity contribution in [2.24, 2.45) is 0 Å². The number of ether oxygens (including phenoxy) is 2. The van der Waals surface area contributed by atoms with E-state index >= 15 is 0 Å². The molecule has 3 rings (SSSR count). The molecule has 1 saturated carbocycles. The van der Waals surface area contributed by atoms with Crippen molar-refractivity contribution in [3.63, 3.8) is 0 Å². The molecular formula is C19H22N2O3. The van der Waals surface area contributed by atoms with Gasteiger partial charge in [0.05, 0.1) is 20.6 Å². The van der Waals surface area contributed by atoms with Gasteiger partial charge >= 0.3 is 0 Å². The van der Waals surface area contributed by atoms with Crippen molar-refractivity contribution in [2.45, 2.75) is 31.8 Å². The Morgan fingerprint density at radius 2 is 1.96 bits per heavy atom. The predicted octanol–water partition coefficient (Wildman–Crippen LogP) is 2.83. The van der Waals surface area contributed by atoms with Crippen LogP contribution in [0.25, 0.3) is 0 Å². The molecule has 0 N–H and O–H groups in total. The van der Waals surface area contributed by atoms with Crippen molar-refractivity contribution in [1.82, 2.24) is 9.88 Å². The highest BCUT2D eigenvalue weighted by molar-refractivity contribution is 5.79. The smallest absolute Gasteiger partial charge is 0.227 e. The third-order valence-corrected chi connectivity index (χ3v) is 4.19. The van der Waals surface area contributed by atoms with E-state index in [0.29, 0.717) is 30.5 Å². The minimum absolute atomic E-state index is 0.133. The Hall–Kier alpha value is -2.56. The first kappa shape index (κ1) is 16.3. The molecule has 0 spiro atoms. The van der Waals surface area contributed by atoms with E-state index in [9.17, 15) is 4.79 Å². The summed E-state index contributed by atoms with van der Waals surface area (Å²) in [7, 11) is 3.20. The van der Waals surface area contributed by atoms with Crippen LogP contribution in [-0.2, 0) is 17.8 Å². The Morgan fingerprint density at radius 3 is 2.58 bits per heavy atom. The number of hydrogen-bond donors (Lipinski definition) is 0. The summed E-state index contributed by atoms with van der Waals surface area (Å²) < 4.78 is 10.6. The minimum atomic E-state index is 0.133. The molecule has 1 fully saturated rings. The molecule has 0 unspecified atom stereocenters. The summed E-state index contributed by atoms with van der Waals surface area (Å²) in [5.74, 6) is 1.45. The van der Waals surface area contributed by atoms with Gasteiger partial charge in [-0.05, 0) is 42.2 Å². The molecule has 1 aromatic heterocycles. The molecule has 0 radical (unpaired) electrons. The number of carbonyl (C=O) groups excluding carboxylic acids is 1. The van der Waals surface area contributed by atoms with E-state index < -0.39 is 0 Å². The van der Waals surface area contributed by atoms with Gasteiger partial charge in [0.25, 0.3) is 0 Å². The fourth-order valence-electron chi connectivity index (χ4n) is 2.76. The molecule has 5 heteroatoms. The van der Waals surface area contributed by atoms with E-state index in [4.69, 9.17) is 9.47 Å². The highest BCUT2D eigenvalue weighted by atomic mass is 16.5. The second-order valence-corrected chi connectivity index (χ2v) is 5.98. The average Bonchev–Trinajstić information content (AvgIpc) is 3.45.